The molecule has 0 spiro atoms. The fourth-order valence-electron chi connectivity index (χ4n) is 4.57. The molecule has 4 nitrogen and oxygen atoms in total. The highest BCUT2D eigenvalue weighted by molar-refractivity contribution is 5.80. The number of rotatable bonds is 16. The number of benzene rings is 3. The van der Waals surface area contributed by atoms with Crippen LogP contribution in [0.25, 0.3) is 11.1 Å². The van der Waals surface area contributed by atoms with E-state index in [-0.39, 0.29) is 5.75 Å². The number of nitrogens with zero attached hydrogens (tertiary/aromatic N) is 1. The van der Waals surface area contributed by atoms with Crippen molar-refractivity contribution in [1.29, 1.82) is 0 Å². The summed E-state index contributed by atoms with van der Waals surface area (Å²) in [5, 5.41) is 10.3. The van der Waals surface area contributed by atoms with Gasteiger partial charge < -0.3 is 19.5 Å². The van der Waals surface area contributed by atoms with E-state index in [4.69, 9.17) is 9.47 Å². The van der Waals surface area contributed by atoms with Gasteiger partial charge in [0, 0.05) is 35.1 Å². The summed E-state index contributed by atoms with van der Waals surface area (Å²) in [5.74, 6) is 1.78. The van der Waals surface area contributed by atoms with E-state index in [0.717, 1.165) is 47.0 Å². The zero-order valence-electron chi connectivity index (χ0n) is 22.3. The number of phenols is 1. The zero-order valence-corrected chi connectivity index (χ0v) is 22.3. The molecule has 4 heteroatoms. The van der Waals surface area contributed by atoms with Crippen molar-refractivity contribution >= 4 is 11.4 Å². The van der Waals surface area contributed by atoms with E-state index < -0.39 is 0 Å². The van der Waals surface area contributed by atoms with Crippen molar-refractivity contribution in [3.8, 4) is 28.4 Å². The molecule has 0 fully saturated rings. The lowest BCUT2D eigenvalue weighted by Crippen LogP contribution is -2.16. The molecule has 3 rings (SSSR count). The molecule has 0 aliphatic rings. The number of anilines is 2. The predicted octanol–water partition coefficient (Wildman–Crippen LogP) is 9.14. The fourth-order valence-corrected chi connectivity index (χ4v) is 4.57. The second-order valence-electron chi connectivity index (χ2n) is 9.20. The van der Waals surface area contributed by atoms with E-state index in [9.17, 15) is 5.11 Å². The summed E-state index contributed by atoms with van der Waals surface area (Å²) in [4.78, 5) is 2.26. The number of aromatic hydroxyl groups is 1. The van der Waals surface area contributed by atoms with Crippen LogP contribution in [0.3, 0.4) is 0 Å². The number of hydrogen-bond donors (Lipinski definition) is 1. The molecule has 0 unspecified atom stereocenters. The molecule has 0 saturated carbocycles. The molecule has 194 valence electrons. The minimum atomic E-state index is 0.218. The van der Waals surface area contributed by atoms with Gasteiger partial charge in [-0.3, -0.25) is 0 Å². The standard InChI is InChI=1S/C32H43NO3/c1-4-7-8-9-10-11-12-16-23-36-31-22-20-28(34)25-30(31)29-21-19-27(24-32(29)35-6-3)33(5-2)26-17-14-13-15-18-26/h13-15,17-22,24-25,34H,4-12,16,23H2,1-3H3. The van der Waals surface area contributed by atoms with Crippen molar-refractivity contribution in [3.63, 3.8) is 0 Å². The van der Waals surface area contributed by atoms with E-state index in [1.54, 1.807) is 12.1 Å². The highest BCUT2D eigenvalue weighted by atomic mass is 16.5. The Morgan fingerprint density at radius 1 is 0.639 bits per heavy atom. The third-order valence-corrected chi connectivity index (χ3v) is 6.47. The van der Waals surface area contributed by atoms with Crippen molar-refractivity contribution in [3.05, 3.63) is 66.7 Å². The van der Waals surface area contributed by atoms with Gasteiger partial charge in [-0.05, 0) is 62.7 Å². The Morgan fingerprint density at radius 2 is 1.36 bits per heavy atom. The first kappa shape index (κ1) is 27.4. The maximum absolute atomic E-state index is 10.3. The first-order valence-electron chi connectivity index (χ1n) is 13.7. The van der Waals surface area contributed by atoms with Gasteiger partial charge in [0.25, 0.3) is 0 Å². The lowest BCUT2D eigenvalue weighted by Gasteiger charge is -2.25. The molecule has 0 heterocycles. The average Bonchev–Trinajstić information content (AvgIpc) is 2.90. The monoisotopic (exact) mass is 489 g/mol. The molecule has 0 amide bonds. The maximum atomic E-state index is 10.3. The third-order valence-electron chi connectivity index (χ3n) is 6.47. The van der Waals surface area contributed by atoms with Crippen LogP contribution < -0.4 is 14.4 Å². The molecule has 36 heavy (non-hydrogen) atoms. The van der Waals surface area contributed by atoms with E-state index >= 15 is 0 Å². The summed E-state index contributed by atoms with van der Waals surface area (Å²) in [6, 6.07) is 22.0. The van der Waals surface area contributed by atoms with Crippen molar-refractivity contribution in [1.82, 2.24) is 0 Å². The number of ether oxygens (including phenoxy) is 2. The molecule has 0 saturated heterocycles. The Morgan fingerprint density at radius 3 is 2.06 bits per heavy atom. The second-order valence-corrected chi connectivity index (χ2v) is 9.20. The van der Waals surface area contributed by atoms with Crippen LogP contribution in [0.1, 0.15) is 72.1 Å². The molecule has 0 aliphatic carbocycles. The SMILES string of the molecule is CCCCCCCCCCOc1ccc(O)cc1-c1ccc(N(CC)c2ccccc2)cc1OCC. The minimum absolute atomic E-state index is 0.218. The lowest BCUT2D eigenvalue weighted by atomic mass is 10.0. The van der Waals surface area contributed by atoms with Gasteiger partial charge in [0.1, 0.15) is 17.2 Å². The zero-order chi connectivity index (χ0) is 25.6. The van der Waals surface area contributed by atoms with Gasteiger partial charge >= 0.3 is 0 Å². The van der Waals surface area contributed by atoms with E-state index in [2.05, 4.69) is 61.2 Å². The van der Waals surface area contributed by atoms with Crippen LogP contribution in [0.4, 0.5) is 11.4 Å². The number of para-hydroxylation sites is 1. The summed E-state index contributed by atoms with van der Waals surface area (Å²) in [6.45, 7) is 8.47. The first-order chi connectivity index (χ1) is 17.7. The van der Waals surface area contributed by atoms with Crippen LogP contribution in [0.5, 0.6) is 17.2 Å². The van der Waals surface area contributed by atoms with Gasteiger partial charge in [0.2, 0.25) is 0 Å². The normalized spacial score (nSPS) is 10.9. The van der Waals surface area contributed by atoms with Gasteiger partial charge in [0.15, 0.2) is 0 Å². The van der Waals surface area contributed by atoms with Crippen LogP contribution in [0.15, 0.2) is 66.7 Å². The number of unbranched alkanes of at least 4 members (excludes halogenated alkanes) is 7. The lowest BCUT2D eigenvalue weighted by molar-refractivity contribution is 0.304. The van der Waals surface area contributed by atoms with Crippen molar-refractivity contribution in [2.75, 3.05) is 24.7 Å². The molecule has 0 bridgehead atoms. The number of hydrogen-bond acceptors (Lipinski definition) is 4. The summed E-state index contributed by atoms with van der Waals surface area (Å²) in [6.07, 6.45) is 10.1. The highest BCUT2D eigenvalue weighted by Gasteiger charge is 2.16. The van der Waals surface area contributed by atoms with E-state index in [0.29, 0.717) is 13.2 Å². The quantitative estimate of drug-likeness (QED) is 0.204. The largest absolute Gasteiger partial charge is 0.508 e. The fraction of sp³-hybridized carbons (Fsp3) is 0.438. The molecule has 1 N–H and O–H groups in total. The van der Waals surface area contributed by atoms with E-state index in [1.807, 2.05) is 19.1 Å². The maximum Gasteiger partial charge on any atom is 0.129 e. The van der Waals surface area contributed by atoms with Gasteiger partial charge in [-0.15, -0.1) is 0 Å². The van der Waals surface area contributed by atoms with Gasteiger partial charge in [0.05, 0.1) is 13.2 Å². The summed E-state index contributed by atoms with van der Waals surface area (Å²) >= 11 is 0. The Kier molecular flexibility index (Phi) is 11.5. The Bertz CT molecular complexity index is 1030. The molecule has 0 aromatic heterocycles. The molecule has 0 aliphatic heterocycles. The molecule has 0 radical (unpaired) electrons. The van der Waals surface area contributed by atoms with Crippen LogP contribution in [-0.4, -0.2) is 24.9 Å². The van der Waals surface area contributed by atoms with Crippen molar-refractivity contribution in [2.45, 2.75) is 72.1 Å². The molecular formula is C32H43NO3. The van der Waals surface area contributed by atoms with Crippen LogP contribution in [0, 0.1) is 0 Å². The van der Waals surface area contributed by atoms with Crippen molar-refractivity contribution in [2.24, 2.45) is 0 Å². The van der Waals surface area contributed by atoms with E-state index in [1.165, 1.54) is 44.9 Å². The third kappa shape index (κ3) is 7.94. The highest BCUT2D eigenvalue weighted by Crippen LogP contribution is 2.41. The minimum Gasteiger partial charge on any atom is -0.508 e. The predicted molar refractivity (Wildman–Crippen MR) is 152 cm³/mol. The van der Waals surface area contributed by atoms with Gasteiger partial charge in [-0.1, -0.05) is 70.1 Å². The van der Waals surface area contributed by atoms with Gasteiger partial charge in [-0.25, -0.2) is 0 Å². The average molecular weight is 490 g/mol. The molecular weight excluding hydrogens is 446 g/mol. The molecule has 0 atom stereocenters. The topological polar surface area (TPSA) is 41.9 Å². The molecule has 3 aromatic rings. The Labute approximate surface area is 217 Å². The Hall–Kier alpha value is -3.14. The van der Waals surface area contributed by atoms with Crippen LogP contribution >= 0.6 is 0 Å². The summed E-state index contributed by atoms with van der Waals surface area (Å²) < 4.78 is 12.3. The second kappa shape index (κ2) is 15.1. The molecule has 3 aromatic carbocycles. The smallest absolute Gasteiger partial charge is 0.129 e. The Balaban J connectivity index is 1.74. The first-order valence-corrected chi connectivity index (χ1v) is 13.7. The number of phenolic OH excluding ortho intramolecular Hbond substituents is 1. The van der Waals surface area contributed by atoms with Crippen molar-refractivity contribution < 1.29 is 14.6 Å². The van der Waals surface area contributed by atoms with Crippen LogP contribution in [0.2, 0.25) is 0 Å². The van der Waals surface area contributed by atoms with Crippen LogP contribution in [-0.2, 0) is 0 Å². The summed E-state index contributed by atoms with van der Waals surface area (Å²) in [5.41, 5.74) is 3.98. The summed E-state index contributed by atoms with van der Waals surface area (Å²) in [7, 11) is 0. The van der Waals surface area contributed by atoms with Gasteiger partial charge in [-0.2, -0.15) is 0 Å².